The van der Waals surface area contributed by atoms with Gasteiger partial charge in [-0.1, -0.05) is 36.4 Å². The molecular formula is C23H13F3N2O4S. The van der Waals surface area contributed by atoms with Gasteiger partial charge in [-0.15, -0.1) is 11.3 Å². The lowest BCUT2D eigenvalue weighted by molar-refractivity contribution is -0.384. The highest BCUT2D eigenvalue weighted by atomic mass is 32.1. The molecule has 10 heteroatoms. The molecule has 0 unspecified atom stereocenters. The van der Waals surface area contributed by atoms with Crippen molar-refractivity contribution in [2.75, 3.05) is 0 Å². The summed E-state index contributed by atoms with van der Waals surface area (Å²) < 4.78 is 39.0. The number of halogens is 3. The predicted molar refractivity (Wildman–Crippen MR) is 119 cm³/mol. The summed E-state index contributed by atoms with van der Waals surface area (Å²) in [5, 5.41) is 24.6. The molecule has 0 aliphatic carbocycles. The van der Waals surface area contributed by atoms with E-state index in [1.54, 1.807) is 23.6 Å². The molecule has 0 radical (unpaired) electrons. The highest BCUT2D eigenvalue weighted by Gasteiger charge is 2.30. The van der Waals surface area contributed by atoms with Crippen LogP contribution in [0.3, 0.4) is 0 Å². The molecule has 1 aromatic heterocycles. The van der Waals surface area contributed by atoms with Gasteiger partial charge in [0.25, 0.3) is 11.4 Å². The maximum Gasteiger partial charge on any atom is 0.416 e. The van der Waals surface area contributed by atoms with E-state index in [-0.39, 0.29) is 16.9 Å². The fourth-order valence-electron chi connectivity index (χ4n) is 3.49. The lowest BCUT2D eigenvalue weighted by Gasteiger charge is -2.11. The Kier molecular flexibility index (Phi) is 5.69. The zero-order chi connectivity index (χ0) is 23.8. The maximum absolute atomic E-state index is 13.0. The van der Waals surface area contributed by atoms with Gasteiger partial charge in [0.1, 0.15) is 0 Å². The van der Waals surface area contributed by atoms with E-state index in [2.05, 4.69) is 0 Å². The number of hydrogen-bond donors (Lipinski definition) is 0. The van der Waals surface area contributed by atoms with Crippen LogP contribution < -0.4 is 0 Å². The van der Waals surface area contributed by atoms with E-state index in [0.29, 0.717) is 27.1 Å². The lowest BCUT2D eigenvalue weighted by Crippen LogP contribution is -2.04. The number of nitrogens with zero attached hydrogens (tertiary/aromatic N) is 2. The van der Waals surface area contributed by atoms with Gasteiger partial charge < -0.3 is 0 Å². The summed E-state index contributed by atoms with van der Waals surface area (Å²) in [6, 6.07) is 16.4. The van der Waals surface area contributed by atoms with Crippen molar-refractivity contribution in [2.45, 2.75) is 6.18 Å². The van der Waals surface area contributed by atoms with E-state index in [0.717, 1.165) is 12.1 Å². The first-order valence-corrected chi connectivity index (χ1v) is 10.3. The first kappa shape index (κ1) is 22.2. The van der Waals surface area contributed by atoms with Crippen LogP contribution in [-0.4, -0.2) is 9.85 Å². The number of thiophene rings is 1. The highest BCUT2D eigenvalue weighted by Crippen LogP contribution is 2.48. The molecule has 0 spiro atoms. The van der Waals surface area contributed by atoms with Crippen molar-refractivity contribution in [3.63, 3.8) is 0 Å². The standard InChI is InChI=1S/C23H13F3N2O4S/c24-23(25,26)16-10-8-14(9-11-16)19-13-33-22(15-4-3-5-17(12-15)27(29)30)21(19)18-6-1-2-7-20(18)28(31)32/h1-13H. The highest BCUT2D eigenvalue weighted by molar-refractivity contribution is 7.14. The number of para-hydroxylation sites is 1. The smallest absolute Gasteiger partial charge is 0.258 e. The normalized spacial score (nSPS) is 11.4. The van der Waals surface area contributed by atoms with Gasteiger partial charge in [0.2, 0.25) is 0 Å². The van der Waals surface area contributed by atoms with Crippen molar-refractivity contribution in [3.05, 3.63) is 104 Å². The minimum absolute atomic E-state index is 0.148. The minimum Gasteiger partial charge on any atom is -0.258 e. The third kappa shape index (κ3) is 4.33. The summed E-state index contributed by atoms with van der Waals surface area (Å²) in [7, 11) is 0. The average Bonchev–Trinajstić information content (AvgIpc) is 3.23. The molecule has 33 heavy (non-hydrogen) atoms. The molecule has 0 fully saturated rings. The van der Waals surface area contributed by atoms with E-state index in [1.165, 1.54) is 53.8 Å². The molecule has 0 aliphatic heterocycles. The second-order valence-corrected chi connectivity index (χ2v) is 7.89. The molecule has 3 aromatic carbocycles. The molecule has 166 valence electrons. The number of alkyl halides is 3. The maximum atomic E-state index is 13.0. The third-order valence-corrected chi connectivity index (χ3v) is 6.03. The van der Waals surface area contributed by atoms with Crippen LogP contribution in [0.2, 0.25) is 0 Å². The van der Waals surface area contributed by atoms with E-state index >= 15 is 0 Å². The minimum atomic E-state index is -4.50. The molecule has 0 saturated carbocycles. The van der Waals surface area contributed by atoms with Crippen molar-refractivity contribution in [1.82, 2.24) is 0 Å². The van der Waals surface area contributed by atoms with Crippen LogP contribution in [-0.2, 0) is 6.18 Å². The van der Waals surface area contributed by atoms with Crippen molar-refractivity contribution >= 4 is 22.7 Å². The summed E-state index contributed by atoms with van der Waals surface area (Å²) in [5.74, 6) is 0. The Morgan fingerprint density at radius 3 is 2.09 bits per heavy atom. The Morgan fingerprint density at radius 2 is 1.45 bits per heavy atom. The number of hydrogen-bond acceptors (Lipinski definition) is 5. The molecule has 0 bridgehead atoms. The van der Waals surface area contributed by atoms with Gasteiger partial charge in [-0.2, -0.15) is 13.2 Å². The SMILES string of the molecule is O=[N+]([O-])c1cccc(-c2scc(-c3ccc(C(F)(F)F)cc3)c2-c2ccccc2[N+](=O)[O-])c1. The van der Waals surface area contributed by atoms with Crippen LogP contribution in [0.4, 0.5) is 24.5 Å². The van der Waals surface area contributed by atoms with E-state index in [4.69, 9.17) is 0 Å². The quantitative estimate of drug-likeness (QED) is 0.222. The van der Waals surface area contributed by atoms with Crippen LogP contribution in [0, 0.1) is 20.2 Å². The number of benzene rings is 3. The molecule has 0 atom stereocenters. The Bertz CT molecular complexity index is 1360. The molecule has 4 aromatic rings. The van der Waals surface area contributed by atoms with Gasteiger partial charge >= 0.3 is 6.18 Å². The molecule has 1 heterocycles. The number of nitro benzene ring substituents is 2. The Morgan fingerprint density at radius 1 is 0.758 bits per heavy atom. The first-order valence-electron chi connectivity index (χ1n) is 9.44. The molecule has 0 aliphatic rings. The summed E-state index contributed by atoms with van der Waals surface area (Å²) in [5.41, 5.74) is 0.940. The number of nitro groups is 2. The van der Waals surface area contributed by atoms with Gasteiger partial charge in [-0.25, -0.2) is 0 Å². The van der Waals surface area contributed by atoms with Crippen molar-refractivity contribution in [2.24, 2.45) is 0 Å². The largest absolute Gasteiger partial charge is 0.416 e. The van der Waals surface area contributed by atoms with Crippen LogP contribution in [0.25, 0.3) is 32.7 Å². The molecule has 0 N–H and O–H groups in total. The van der Waals surface area contributed by atoms with Crippen LogP contribution in [0.5, 0.6) is 0 Å². The fraction of sp³-hybridized carbons (Fsp3) is 0.0435. The van der Waals surface area contributed by atoms with Gasteiger partial charge in [0.05, 0.1) is 21.0 Å². The van der Waals surface area contributed by atoms with Crippen LogP contribution in [0.15, 0.2) is 78.2 Å². The van der Waals surface area contributed by atoms with Gasteiger partial charge in [-0.05, 0) is 34.7 Å². The van der Waals surface area contributed by atoms with E-state index < -0.39 is 21.6 Å². The molecule has 6 nitrogen and oxygen atoms in total. The zero-order valence-corrected chi connectivity index (χ0v) is 17.4. The summed E-state index contributed by atoms with van der Waals surface area (Å²) in [4.78, 5) is 22.4. The topological polar surface area (TPSA) is 86.3 Å². The zero-order valence-electron chi connectivity index (χ0n) is 16.6. The van der Waals surface area contributed by atoms with Crippen molar-refractivity contribution < 1.29 is 23.0 Å². The van der Waals surface area contributed by atoms with Gasteiger partial charge in [0.15, 0.2) is 0 Å². The van der Waals surface area contributed by atoms with Gasteiger partial charge in [0, 0.05) is 34.2 Å². The van der Waals surface area contributed by atoms with E-state index in [9.17, 15) is 33.4 Å². The Labute approximate surface area is 188 Å². The first-order chi connectivity index (χ1) is 15.7. The van der Waals surface area contributed by atoms with Crippen LogP contribution >= 0.6 is 11.3 Å². The molecular weight excluding hydrogens is 457 g/mol. The number of rotatable bonds is 5. The molecule has 0 amide bonds. The van der Waals surface area contributed by atoms with Gasteiger partial charge in [-0.3, -0.25) is 20.2 Å². The van der Waals surface area contributed by atoms with Crippen molar-refractivity contribution in [1.29, 1.82) is 0 Å². The summed E-state index contributed by atoms with van der Waals surface area (Å²) in [6.07, 6.45) is -4.50. The molecule has 0 saturated heterocycles. The number of non-ortho nitro benzene ring substituents is 1. The fourth-order valence-corrected chi connectivity index (χ4v) is 4.58. The predicted octanol–water partition coefficient (Wildman–Crippen LogP) is 7.58. The average molecular weight is 470 g/mol. The van der Waals surface area contributed by atoms with Crippen LogP contribution in [0.1, 0.15) is 5.56 Å². The summed E-state index contributed by atoms with van der Waals surface area (Å²) in [6.45, 7) is 0. The monoisotopic (exact) mass is 470 g/mol. The van der Waals surface area contributed by atoms with Crippen molar-refractivity contribution in [3.8, 4) is 32.7 Å². The second-order valence-electron chi connectivity index (χ2n) is 7.01. The second kappa shape index (κ2) is 8.47. The Hall–Kier alpha value is -4.05. The third-order valence-electron chi connectivity index (χ3n) is 5.00. The lowest BCUT2D eigenvalue weighted by atomic mass is 9.93. The summed E-state index contributed by atoms with van der Waals surface area (Å²) >= 11 is 1.20. The van der Waals surface area contributed by atoms with E-state index in [1.807, 2.05) is 0 Å². The molecule has 4 rings (SSSR count). The Balaban J connectivity index is 1.97.